The van der Waals surface area contributed by atoms with Crippen molar-refractivity contribution in [1.82, 2.24) is 9.97 Å². The van der Waals surface area contributed by atoms with Gasteiger partial charge in [0, 0.05) is 31.7 Å². The highest BCUT2D eigenvalue weighted by atomic mass is 32.2. The maximum atomic E-state index is 9.87. The van der Waals surface area contributed by atoms with Crippen molar-refractivity contribution in [1.29, 1.82) is 5.26 Å². The molecule has 0 saturated carbocycles. The van der Waals surface area contributed by atoms with Crippen molar-refractivity contribution in [2.24, 2.45) is 0 Å². The topological polar surface area (TPSA) is 49.6 Å². The van der Waals surface area contributed by atoms with Crippen molar-refractivity contribution in [2.45, 2.75) is 29.1 Å². The van der Waals surface area contributed by atoms with E-state index in [9.17, 15) is 5.26 Å². The van der Waals surface area contributed by atoms with Crippen molar-refractivity contribution in [3.05, 3.63) is 132 Å². The smallest absolute Gasteiger partial charge is 0.160 e. The molecule has 0 spiro atoms. The number of benzene rings is 5. The van der Waals surface area contributed by atoms with E-state index in [-0.39, 0.29) is 5.41 Å². The van der Waals surface area contributed by atoms with Gasteiger partial charge in [0.05, 0.1) is 22.8 Å². The Morgan fingerprint density at radius 2 is 1.35 bits per heavy atom. The molecular formula is C36H25N3S. The fraction of sp³-hybridized carbons (Fsp3) is 0.0833. The Balaban J connectivity index is 1.36. The lowest BCUT2D eigenvalue weighted by Gasteiger charge is -2.35. The van der Waals surface area contributed by atoms with Gasteiger partial charge in [0.15, 0.2) is 5.82 Å². The van der Waals surface area contributed by atoms with Crippen LogP contribution in [0.3, 0.4) is 0 Å². The Bertz CT molecular complexity index is 1950. The zero-order valence-corrected chi connectivity index (χ0v) is 23.0. The minimum Gasteiger partial charge on any atom is -0.228 e. The summed E-state index contributed by atoms with van der Waals surface area (Å²) < 4.78 is 0. The molecule has 0 bridgehead atoms. The molecule has 40 heavy (non-hydrogen) atoms. The van der Waals surface area contributed by atoms with Crippen molar-refractivity contribution in [3.63, 3.8) is 0 Å². The van der Waals surface area contributed by atoms with Crippen molar-refractivity contribution in [3.8, 4) is 39.8 Å². The van der Waals surface area contributed by atoms with Crippen LogP contribution in [0.2, 0.25) is 0 Å². The van der Waals surface area contributed by atoms with E-state index in [1.54, 1.807) is 11.8 Å². The van der Waals surface area contributed by atoms with Gasteiger partial charge in [0.2, 0.25) is 0 Å². The van der Waals surface area contributed by atoms with Gasteiger partial charge >= 0.3 is 0 Å². The molecule has 0 unspecified atom stereocenters. The van der Waals surface area contributed by atoms with Gasteiger partial charge in [-0.15, -0.1) is 0 Å². The first-order chi connectivity index (χ1) is 19.5. The number of hydrogen-bond donors (Lipinski definition) is 0. The zero-order chi connectivity index (χ0) is 27.3. The van der Waals surface area contributed by atoms with Crippen LogP contribution >= 0.6 is 11.8 Å². The van der Waals surface area contributed by atoms with Crippen LogP contribution < -0.4 is 0 Å². The van der Waals surface area contributed by atoms with E-state index in [2.05, 4.69) is 105 Å². The van der Waals surface area contributed by atoms with Crippen LogP contribution in [0.1, 0.15) is 30.5 Å². The van der Waals surface area contributed by atoms with Gasteiger partial charge in [-0.2, -0.15) is 5.26 Å². The molecule has 1 aliphatic rings. The highest BCUT2D eigenvalue weighted by Crippen LogP contribution is 2.51. The summed E-state index contributed by atoms with van der Waals surface area (Å²) >= 11 is 1.74. The molecule has 0 atom stereocenters. The molecule has 1 aromatic heterocycles. The molecule has 3 nitrogen and oxygen atoms in total. The lowest BCUT2D eigenvalue weighted by atomic mass is 9.75. The fourth-order valence-corrected chi connectivity index (χ4v) is 7.14. The van der Waals surface area contributed by atoms with Crippen LogP contribution in [0.15, 0.2) is 125 Å². The highest BCUT2D eigenvalue weighted by Gasteiger charge is 2.35. The van der Waals surface area contributed by atoms with Gasteiger partial charge in [0.25, 0.3) is 0 Å². The largest absolute Gasteiger partial charge is 0.228 e. The van der Waals surface area contributed by atoms with E-state index in [1.807, 2.05) is 30.3 Å². The van der Waals surface area contributed by atoms with Gasteiger partial charge < -0.3 is 0 Å². The third kappa shape index (κ3) is 3.99. The number of nitriles is 1. The SMILES string of the molecule is CC1(C)c2cc(-c3nc(-c4ccc(-c5ccccc5)cc4)nc4ccccc34)ccc2Sc2cccc(C#N)c21. The summed E-state index contributed by atoms with van der Waals surface area (Å²) in [6.07, 6.45) is 0. The van der Waals surface area contributed by atoms with Crippen LogP contribution in [-0.4, -0.2) is 9.97 Å². The minimum absolute atomic E-state index is 0.322. The molecule has 7 rings (SSSR count). The summed E-state index contributed by atoms with van der Waals surface area (Å²) in [5, 5.41) is 10.9. The van der Waals surface area contributed by atoms with Crippen LogP contribution in [0.4, 0.5) is 0 Å². The van der Waals surface area contributed by atoms with E-state index >= 15 is 0 Å². The molecule has 0 amide bonds. The zero-order valence-electron chi connectivity index (χ0n) is 22.2. The van der Waals surface area contributed by atoms with Gasteiger partial charge in [0.1, 0.15) is 0 Å². The molecule has 6 aromatic rings. The summed E-state index contributed by atoms with van der Waals surface area (Å²) in [6.45, 7) is 4.43. The number of fused-ring (bicyclic) bond motifs is 3. The van der Waals surface area contributed by atoms with Crippen LogP contribution in [0, 0.1) is 11.3 Å². The van der Waals surface area contributed by atoms with Gasteiger partial charge in [-0.3, -0.25) is 0 Å². The second-order valence-corrected chi connectivity index (χ2v) is 11.7. The first kappa shape index (κ1) is 24.3. The molecule has 190 valence electrons. The third-order valence-electron chi connectivity index (χ3n) is 7.77. The Labute approximate surface area is 238 Å². The lowest BCUT2D eigenvalue weighted by molar-refractivity contribution is 0.605. The second-order valence-electron chi connectivity index (χ2n) is 10.6. The molecule has 0 fully saturated rings. The number of hydrogen-bond acceptors (Lipinski definition) is 4. The molecule has 4 heteroatoms. The third-order valence-corrected chi connectivity index (χ3v) is 8.91. The standard InChI is InChI=1S/C36H25N3S/c1-36(2)29-21-26(19-20-31(29)40-32-14-8-11-27(22-37)33(32)36)34-28-12-6-7-13-30(28)38-35(39-34)25-17-15-24(16-18-25)23-9-4-3-5-10-23/h3-21H,1-2H3. The monoisotopic (exact) mass is 531 g/mol. The first-order valence-electron chi connectivity index (χ1n) is 13.3. The normalized spacial score (nSPS) is 13.3. The Kier molecular flexibility index (Phi) is 5.77. The number of aromatic nitrogens is 2. The lowest BCUT2D eigenvalue weighted by Crippen LogP contribution is -2.25. The average Bonchev–Trinajstić information content (AvgIpc) is 3.00. The summed E-state index contributed by atoms with van der Waals surface area (Å²) in [5.41, 5.74) is 8.92. The number of para-hydroxylation sites is 1. The van der Waals surface area contributed by atoms with Gasteiger partial charge in [-0.25, -0.2) is 9.97 Å². The van der Waals surface area contributed by atoms with E-state index in [1.165, 1.54) is 16.0 Å². The fourth-order valence-electron chi connectivity index (χ4n) is 5.73. The van der Waals surface area contributed by atoms with Gasteiger partial charge in [-0.05, 0) is 52.6 Å². The van der Waals surface area contributed by atoms with Crippen molar-refractivity contribution < 1.29 is 0 Å². The molecule has 5 aromatic carbocycles. The molecule has 0 aliphatic carbocycles. The minimum atomic E-state index is -0.322. The first-order valence-corrected chi connectivity index (χ1v) is 14.1. The summed E-state index contributed by atoms with van der Waals surface area (Å²) in [4.78, 5) is 12.5. The molecule has 1 aliphatic heterocycles. The predicted octanol–water partition coefficient (Wildman–Crippen LogP) is 9.29. The van der Waals surface area contributed by atoms with E-state index < -0.39 is 0 Å². The summed E-state index contributed by atoms with van der Waals surface area (Å²) in [5.74, 6) is 0.705. The van der Waals surface area contributed by atoms with Gasteiger partial charge in [-0.1, -0.05) is 111 Å². The average molecular weight is 532 g/mol. The van der Waals surface area contributed by atoms with E-state index in [0.717, 1.165) is 49.3 Å². The number of rotatable bonds is 3. The Hall–Kier alpha value is -4.72. The molecular weight excluding hydrogens is 506 g/mol. The maximum absolute atomic E-state index is 9.87. The highest BCUT2D eigenvalue weighted by molar-refractivity contribution is 7.99. The summed E-state index contributed by atoms with van der Waals surface area (Å²) in [7, 11) is 0. The van der Waals surface area contributed by atoms with Crippen LogP contribution in [0.5, 0.6) is 0 Å². The van der Waals surface area contributed by atoms with Crippen LogP contribution in [0.25, 0.3) is 44.7 Å². The Morgan fingerprint density at radius 1 is 0.650 bits per heavy atom. The Morgan fingerprint density at radius 3 is 2.15 bits per heavy atom. The number of nitrogens with zero attached hydrogens (tertiary/aromatic N) is 3. The van der Waals surface area contributed by atoms with E-state index in [4.69, 9.17) is 9.97 Å². The quantitative estimate of drug-likeness (QED) is 0.228. The van der Waals surface area contributed by atoms with Crippen LogP contribution in [-0.2, 0) is 5.41 Å². The van der Waals surface area contributed by atoms with E-state index in [0.29, 0.717) is 5.82 Å². The molecule has 2 heterocycles. The summed E-state index contributed by atoms with van der Waals surface area (Å²) in [6, 6.07) is 42.1. The van der Waals surface area contributed by atoms with Crippen molar-refractivity contribution >= 4 is 22.7 Å². The van der Waals surface area contributed by atoms with Crippen molar-refractivity contribution in [2.75, 3.05) is 0 Å². The predicted molar refractivity (Wildman–Crippen MR) is 163 cm³/mol. The molecule has 0 radical (unpaired) electrons. The maximum Gasteiger partial charge on any atom is 0.160 e. The molecule has 0 N–H and O–H groups in total. The second kappa shape index (κ2) is 9.48. The molecule has 0 saturated heterocycles.